The zero-order valence-electron chi connectivity index (χ0n) is 8.04. The molecule has 1 aromatic rings. The second-order valence-electron chi connectivity index (χ2n) is 3.12. The highest BCUT2D eigenvalue weighted by molar-refractivity contribution is 9.10. The van der Waals surface area contributed by atoms with Crippen molar-refractivity contribution < 1.29 is 4.79 Å². The molecule has 4 heteroatoms. The first-order valence-electron chi connectivity index (χ1n) is 4.26. The molecule has 0 bridgehead atoms. The van der Waals surface area contributed by atoms with Gasteiger partial charge in [0.25, 0.3) is 0 Å². The summed E-state index contributed by atoms with van der Waals surface area (Å²) in [4.78, 5) is 11.4. The third-order valence-electron chi connectivity index (χ3n) is 1.84. The minimum Gasteiger partial charge on any atom is -0.325 e. The van der Waals surface area contributed by atoms with Crippen molar-refractivity contribution in [3.05, 3.63) is 28.2 Å². The van der Waals surface area contributed by atoms with Gasteiger partial charge in [0.2, 0.25) is 5.91 Å². The number of halogens is 1. The maximum absolute atomic E-state index is 11.4. The summed E-state index contributed by atoms with van der Waals surface area (Å²) in [6, 6.07) is 5.77. The lowest BCUT2D eigenvalue weighted by Gasteiger charge is -2.10. The first-order chi connectivity index (χ1) is 6.50. The van der Waals surface area contributed by atoms with E-state index in [4.69, 9.17) is 0 Å². The molecule has 1 N–H and O–H groups in total. The van der Waals surface area contributed by atoms with Gasteiger partial charge in [-0.05, 0) is 31.5 Å². The third kappa shape index (κ3) is 3.03. The molecule has 0 heterocycles. The fourth-order valence-electron chi connectivity index (χ4n) is 0.966. The van der Waals surface area contributed by atoms with Crippen molar-refractivity contribution in [3.63, 3.8) is 0 Å². The smallest absolute Gasteiger partial charge is 0.236 e. The molecule has 1 amide bonds. The summed E-state index contributed by atoms with van der Waals surface area (Å²) in [5, 5.41) is 2.51. The van der Waals surface area contributed by atoms with Crippen molar-refractivity contribution in [2.45, 2.75) is 19.1 Å². The van der Waals surface area contributed by atoms with Crippen LogP contribution in [0.15, 0.2) is 22.7 Å². The van der Waals surface area contributed by atoms with E-state index in [9.17, 15) is 4.79 Å². The van der Waals surface area contributed by atoms with Gasteiger partial charge in [0, 0.05) is 10.2 Å². The molecule has 14 heavy (non-hydrogen) atoms. The Morgan fingerprint density at radius 3 is 2.79 bits per heavy atom. The molecule has 0 spiro atoms. The largest absolute Gasteiger partial charge is 0.325 e. The van der Waals surface area contributed by atoms with E-state index in [2.05, 4.69) is 33.9 Å². The normalized spacial score (nSPS) is 12.3. The van der Waals surface area contributed by atoms with Crippen molar-refractivity contribution in [3.8, 4) is 0 Å². The fraction of sp³-hybridized carbons (Fsp3) is 0.300. The van der Waals surface area contributed by atoms with E-state index in [1.54, 1.807) is 6.92 Å². The molecule has 0 radical (unpaired) electrons. The second kappa shape index (κ2) is 4.84. The average Bonchev–Trinajstić information content (AvgIpc) is 2.11. The molecule has 0 aliphatic carbocycles. The molecule has 0 aliphatic heterocycles. The number of nitrogens with one attached hydrogen (secondary N) is 1. The van der Waals surface area contributed by atoms with Gasteiger partial charge in [-0.2, -0.15) is 12.6 Å². The van der Waals surface area contributed by atoms with Gasteiger partial charge in [-0.1, -0.05) is 22.0 Å². The highest BCUT2D eigenvalue weighted by atomic mass is 79.9. The van der Waals surface area contributed by atoms with E-state index >= 15 is 0 Å². The van der Waals surface area contributed by atoms with Gasteiger partial charge in [0.05, 0.1) is 5.25 Å². The molecule has 0 saturated carbocycles. The highest BCUT2D eigenvalue weighted by Crippen LogP contribution is 2.20. The van der Waals surface area contributed by atoms with Crippen molar-refractivity contribution >= 4 is 40.2 Å². The first-order valence-corrected chi connectivity index (χ1v) is 5.56. The van der Waals surface area contributed by atoms with Crippen LogP contribution in [0.2, 0.25) is 0 Å². The molecule has 1 atom stereocenters. The quantitative estimate of drug-likeness (QED) is 0.797. The molecule has 0 aromatic heterocycles. The number of benzene rings is 1. The predicted octanol–water partition coefficient (Wildman–Crippen LogP) is 3.01. The molecule has 1 unspecified atom stereocenters. The van der Waals surface area contributed by atoms with E-state index in [0.717, 1.165) is 15.7 Å². The van der Waals surface area contributed by atoms with Gasteiger partial charge in [0.1, 0.15) is 0 Å². The molecule has 0 fully saturated rings. The summed E-state index contributed by atoms with van der Waals surface area (Å²) in [7, 11) is 0. The molecule has 1 rings (SSSR count). The van der Waals surface area contributed by atoms with Gasteiger partial charge in [-0.3, -0.25) is 4.79 Å². The number of anilines is 1. The minimum absolute atomic E-state index is 0.0884. The second-order valence-corrected chi connectivity index (χ2v) is 4.81. The van der Waals surface area contributed by atoms with Crippen molar-refractivity contribution in [2.24, 2.45) is 0 Å². The standard InChI is InChI=1S/C10H12BrNOS/c1-6-3-4-8(11)5-9(6)12-10(13)7(2)14/h3-5,7,14H,1-2H3,(H,12,13). The fourth-order valence-corrected chi connectivity index (χ4v) is 1.39. The van der Waals surface area contributed by atoms with Crippen LogP contribution >= 0.6 is 28.6 Å². The Hall–Kier alpha value is -0.480. The van der Waals surface area contributed by atoms with Crippen LogP contribution in [0.5, 0.6) is 0 Å². The lowest BCUT2D eigenvalue weighted by atomic mass is 10.2. The molecule has 2 nitrogen and oxygen atoms in total. The summed E-state index contributed by atoms with van der Waals surface area (Å²) >= 11 is 7.41. The summed E-state index contributed by atoms with van der Waals surface area (Å²) < 4.78 is 0.949. The van der Waals surface area contributed by atoms with Gasteiger partial charge in [-0.15, -0.1) is 0 Å². The van der Waals surface area contributed by atoms with Crippen LogP contribution in [0.4, 0.5) is 5.69 Å². The maximum atomic E-state index is 11.4. The van der Waals surface area contributed by atoms with Crippen LogP contribution in [0, 0.1) is 6.92 Å². The Kier molecular flexibility index (Phi) is 4.01. The van der Waals surface area contributed by atoms with Crippen molar-refractivity contribution in [2.75, 3.05) is 5.32 Å². The first kappa shape index (κ1) is 11.6. The van der Waals surface area contributed by atoms with Gasteiger partial charge >= 0.3 is 0 Å². The van der Waals surface area contributed by atoms with Crippen LogP contribution in [0.1, 0.15) is 12.5 Å². The van der Waals surface area contributed by atoms with Gasteiger partial charge < -0.3 is 5.32 Å². The zero-order valence-corrected chi connectivity index (χ0v) is 10.5. The van der Waals surface area contributed by atoms with Crippen LogP contribution in [0.25, 0.3) is 0 Å². The number of hydrogen-bond donors (Lipinski definition) is 2. The average molecular weight is 274 g/mol. The number of hydrogen-bond acceptors (Lipinski definition) is 2. The minimum atomic E-state index is -0.298. The monoisotopic (exact) mass is 273 g/mol. The Morgan fingerprint density at radius 2 is 2.21 bits per heavy atom. The van der Waals surface area contributed by atoms with E-state index in [1.165, 1.54) is 0 Å². The van der Waals surface area contributed by atoms with Crippen LogP contribution in [0.3, 0.4) is 0 Å². The number of thiol groups is 1. The van der Waals surface area contributed by atoms with E-state index in [1.807, 2.05) is 25.1 Å². The maximum Gasteiger partial charge on any atom is 0.236 e. The zero-order chi connectivity index (χ0) is 10.7. The summed E-state index contributed by atoms with van der Waals surface area (Å²) in [6.45, 7) is 3.69. The van der Waals surface area contributed by atoms with E-state index in [-0.39, 0.29) is 11.2 Å². The number of carbonyl (C=O) groups excluding carboxylic acids is 1. The molecule has 76 valence electrons. The van der Waals surface area contributed by atoms with Gasteiger partial charge in [-0.25, -0.2) is 0 Å². The Morgan fingerprint density at radius 1 is 1.57 bits per heavy atom. The van der Waals surface area contributed by atoms with Crippen LogP contribution in [-0.4, -0.2) is 11.2 Å². The van der Waals surface area contributed by atoms with Crippen molar-refractivity contribution in [1.82, 2.24) is 0 Å². The predicted molar refractivity (Wildman–Crippen MR) is 66.0 cm³/mol. The topological polar surface area (TPSA) is 29.1 Å². The molecular formula is C10H12BrNOS. The third-order valence-corrected chi connectivity index (χ3v) is 2.56. The summed E-state index contributed by atoms with van der Waals surface area (Å²) in [5.41, 5.74) is 1.86. The number of amides is 1. The highest BCUT2D eigenvalue weighted by Gasteiger charge is 2.09. The molecule has 0 aliphatic rings. The van der Waals surface area contributed by atoms with Crippen molar-refractivity contribution in [1.29, 1.82) is 0 Å². The van der Waals surface area contributed by atoms with E-state index < -0.39 is 0 Å². The van der Waals surface area contributed by atoms with E-state index in [0.29, 0.717) is 0 Å². The Bertz CT molecular complexity index is 352. The number of aryl methyl sites for hydroxylation is 1. The lowest BCUT2D eigenvalue weighted by Crippen LogP contribution is -2.20. The summed E-state index contributed by atoms with van der Waals surface area (Å²) in [5.74, 6) is -0.0884. The number of carbonyl (C=O) groups is 1. The number of rotatable bonds is 2. The Balaban J connectivity index is 2.86. The van der Waals surface area contributed by atoms with Crippen LogP contribution in [-0.2, 0) is 4.79 Å². The SMILES string of the molecule is Cc1ccc(Br)cc1NC(=O)C(C)S. The lowest BCUT2D eigenvalue weighted by molar-refractivity contribution is -0.115. The summed E-state index contributed by atoms with van der Waals surface area (Å²) in [6.07, 6.45) is 0. The van der Waals surface area contributed by atoms with Crippen LogP contribution < -0.4 is 5.32 Å². The molecule has 1 aromatic carbocycles. The molecule has 0 saturated heterocycles. The van der Waals surface area contributed by atoms with Gasteiger partial charge in [0.15, 0.2) is 0 Å². The Labute approximate surface area is 97.6 Å². The molecular weight excluding hydrogens is 262 g/mol.